The number of fused-ring (bicyclic) bond motifs is 1. The summed E-state index contributed by atoms with van der Waals surface area (Å²) in [6, 6.07) is 14.8. The molecule has 0 bridgehead atoms. The monoisotopic (exact) mass is 374 g/mol. The predicted molar refractivity (Wildman–Crippen MR) is 106 cm³/mol. The van der Waals surface area contributed by atoms with Crippen LogP contribution in [0.2, 0.25) is 0 Å². The van der Waals surface area contributed by atoms with Crippen LogP contribution in [0, 0.1) is 11.3 Å². The number of nitrogens with zero attached hydrogens (tertiary/aromatic N) is 3. The molecular formula is C22H22N4O2. The second-order valence-corrected chi connectivity index (χ2v) is 7.61. The number of rotatable bonds is 5. The number of nitriles is 1. The summed E-state index contributed by atoms with van der Waals surface area (Å²) < 4.78 is 1.71. The van der Waals surface area contributed by atoms with E-state index in [9.17, 15) is 15.2 Å². The van der Waals surface area contributed by atoms with Crippen molar-refractivity contribution in [3.63, 3.8) is 0 Å². The fourth-order valence-electron chi connectivity index (χ4n) is 3.71. The summed E-state index contributed by atoms with van der Waals surface area (Å²) >= 11 is 0. The number of hydrogen-bond acceptors (Lipinski definition) is 4. The molecule has 142 valence electrons. The second-order valence-electron chi connectivity index (χ2n) is 7.61. The number of nitrogens with one attached hydrogen (secondary N) is 1. The molecule has 1 aromatic carbocycles. The van der Waals surface area contributed by atoms with Crippen molar-refractivity contribution in [3.05, 3.63) is 65.4 Å². The Balaban J connectivity index is 1.62. The fourth-order valence-corrected chi connectivity index (χ4v) is 3.71. The molecule has 6 heteroatoms. The molecule has 1 atom stereocenters. The van der Waals surface area contributed by atoms with E-state index in [2.05, 4.69) is 16.5 Å². The van der Waals surface area contributed by atoms with E-state index in [1.807, 2.05) is 24.3 Å². The first kappa shape index (κ1) is 18.2. The molecule has 1 aliphatic rings. The SMILES string of the molecule is C[C@](O)(CC(=O)Nc1nn2ccc(C#N)cc2c1C1CCC1)c1ccccc1. The van der Waals surface area contributed by atoms with Gasteiger partial charge < -0.3 is 10.4 Å². The Morgan fingerprint density at radius 3 is 2.75 bits per heavy atom. The zero-order valence-corrected chi connectivity index (χ0v) is 15.7. The van der Waals surface area contributed by atoms with Gasteiger partial charge in [0.05, 0.1) is 29.2 Å². The van der Waals surface area contributed by atoms with Crippen LogP contribution in [-0.2, 0) is 10.4 Å². The van der Waals surface area contributed by atoms with Gasteiger partial charge in [0, 0.05) is 11.8 Å². The first-order valence-corrected chi connectivity index (χ1v) is 9.48. The molecule has 0 radical (unpaired) electrons. The van der Waals surface area contributed by atoms with E-state index in [1.165, 1.54) is 0 Å². The van der Waals surface area contributed by atoms with E-state index in [0.29, 0.717) is 22.9 Å². The molecule has 0 unspecified atom stereocenters. The van der Waals surface area contributed by atoms with E-state index in [0.717, 1.165) is 30.3 Å². The number of aliphatic hydroxyl groups is 1. The third-order valence-corrected chi connectivity index (χ3v) is 5.47. The number of benzene rings is 1. The van der Waals surface area contributed by atoms with Gasteiger partial charge in [-0.1, -0.05) is 36.8 Å². The highest BCUT2D eigenvalue weighted by Gasteiger charge is 2.30. The Morgan fingerprint density at radius 1 is 1.36 bits per heavy atom. The van der Waals surface area contributed by atoms with Crippen molar-refractivity contribution < 1.29 is 9.90 Å². The fraction of sp³-hybridized carbons (Fsp3) is 0.318. The molecule has 1 amide bonds. The molecular weight excluding hydrogens is 352 g/mol. The van der Waals surface area contributed by atoms with E-state index in [1.54, 1.807) is 35.8 Å². The predicted octanol–water partition coefficient (Wildman–Crippen LogP) is 3.71. The summed E-state index contributed by atoms with van der Waals surface area (Å²) in [6.07, 6.45) is 4.91. The van der Waals surface area contributed by atoms with E-state index < -0.39 is 5.60 Å². The first-order chi connectivity index (χ1) is 13.5. The largest absolute Gasteiger partial charge is 0.385 e. The van der Waals surface area contributed by atoms with Crippen LogP contribution in [-0.4, -0.2) is 20.6 Å². The molecule has 2 heterocycles. The Hall–Kier alpha value is -3.17. The standard InChI is InChI=1S/C22H22N4O2/c1-22(28,17-8-3-2-4-9-17)13-19(27)24-21-20(16-6-5-7-16)18-12-15(14-23)10-11-26(18)25-21/h2-4,8-12,16,28H,5-7,13H2,1H3,(H,24,25,27)/t22-/m0/s1. The molecule has 0 spiro atoms. The molecule has 0 saturated heterocycles. The molecule has 6 nitrogen and oxygen atoms in total. The Morgan fingerprint density at radius 2 is 2.11 bits per heavy atom. The zero-order chi connectivity index (χ0) is 19.7. The smallest absolute Gasteiger partial charge is 0.228 e. The Labute approximate surface area is 163 Å². The van der Waals surface area contributed by atoms with Gasteiger partial charge >= 0.3 is 0 Å². The van der Waals surface area contributed by atoms with Crippen LogP contribution >= 0.6 is 0 Å². The normalized spacial score (nSPS) is 16.2. The molecule has 1 fully saturated rings. The van der Waals surface area contributed by atoms with E-state index >= 15 is 0 Å². The summed E-state index contributed by atoms with van der Waals surface area (Å²) in [5.74, 6) is 0.559. The van der Waals surface area contributed by atoms with Crippen molar-refractivity contribution in [1.82, 2.24) is 9.61 Å². The van der Waals surface area contributed by atoms with Crippen LogP contribution in [0.4, 0.5) is 5.82 Å². The van der Waals surface area contributed by atoms with Gasteiger partial charge in [-0.3, -0.25) is 4.79 Å². The van der Waals surface area contributed by atoms with Crippen LogP contribution in [0.25, 0.3) is 5.52 Å². The lowest BCUT2D eigenvalue weighted by molar-refractivity contribution is -0.120. The Kier molecular flexibility index (Phi) is 4.62. The number of carbonyl (C=O) groups excluding carboxylic acids is 1. The van der Waals surface area contributed by atoms with Gasteiger partial charge in [-0.2, -0.15) is 5.26 Å². The van der Waals surface area contributed by atoms with E-state index in [-0.39, 0.29) is 12.3 Å². The first-order valence-electron chi connectivity index (χ1n) is 9.48. The van der Waals surface area contributed by atoms with Gasteiger partial charge in [0.25, 0.3) is 0 Å². The van der Waals surface area contributed by atoms with Crippen LogP contribution in [0.1, 0.15) is 55.2 Å². The van der Waals surface area contributed by atoms with Crippen molar-refractivity contribution in [1.29, 1.82) is 5.26 Å². The number of hydrogen-bond donors (Lipinski definition) is 2. The summed E-state index contributed by atoms with van der Waals surface area (Å²) in [5, 5.41) is 27.4. The number of pyridine rings is 1. The summed E-state index contributed by atoms with van der Waals surface area (Å²) in [4.78, 5) is 12.7. The van der Waals surface area contributed by atoms with Gasteiger partial charge in [0.1, 0.15) is 0 Å². The number of carbonyl (C=O) groups is 1. The average Bonchev–Trinajstić information content (AvgIpc) is 2.97. The van der Waals surface area contributed by atoms with Gasteiger partial charge in [-0.15, -0.1) is 5.10 Å². The molecule has 3 aromatic rings. The summed E-state index contributed by atoms with van der Waals surface area (Å²) in [7, 11) is 0. The van der Waals surface area contributed by atoms with Crippen LogP contribution in [0.3, 0.4) is 0 Å². The maximum absolute atomic E-state index is 12.7. The lowest BCUT2D eigenvalue weighted by Gasteiger charge is -2.26. The lowest BCUT2D eigenvalue weighted by Crippen LogP contribution is -2.29. The lowest BCUT2D eigenvalue weighted by atomic mass is 9.80. The minimum Gasteiger partial charge on any atom is -0.385 e. The summed E-state index contributed by atoms with van der Waals surface area (Å²) in [6.45, 7) is 1.64. The van der Waals surface area contributed by atoms with Gasteiger partial charge in [0.2, 0.25) is 5.91 Å². The molecule has 1 saturated carbocycles. The average molecular weight is 374 g/mol. The minimum absolute atomic E-state index is 0.0710. The maximum atomic E-state index is 12.7. The van der Waals surface area contributed by atoms with Crippen molar-refractivity contribution >= 4 is 17.2 Å². The molecule has 28 heavy (non-hydrogen) atoms. The van der Waals surface area contributed by atoms with Crippen molar-refractivity contribution in [2.45, 2.75) is 44.1 Å². The molecule has 4 rings (SSSR count). The van der Waals surface area contributed by atoms with Crippen LogP contribution in [0.15, 0.2) is 48.7 Å². The van der Waals surface area contributed by atoms with Gasteiger partial charge in [-0.25, -0.2) is 4.52 Å². The van der Waals surface area contributed by atoms with Crippen molar-refractivity contribution in [3.8, 4) is 6.07 Å². The topological polar surface area (TPSA) is 90.4 Å². The molecule has 0 aliphatic heterocycles. The van der Waals surface area contributed by atoms with Crippen molar-refractivity contribution in [2.75, 3.05) is 5.32 Å². The molecule has 2 aromatic heterocycles. The molecule has 2 N–H and O–H groups in total. The molecule has 1 aliphatic carbocycles. The van der Waals surface area contributed by atoms with Crippen LogP contribution in [0.5, 0.6) is 0 Å². The highest BCUT2D eigenvalue weighted by molar-refractivity contribution is 5.92. The van der Waals surface area contributed by atoms with Crippen LogP contribution < -0.4 is 5.32 Å². The number of amides is 1. The third-order valence-electron chi connectivity index (χ3n) is 5.47. The highest BCUT2D eigenvalue weighted by Crippen LogP contribution is 2.42. The van der Waals surface area contributed by atoms with Gasteiger partial charge in [-0.05, 0) is 43.4 Å². The maximum Gasteiger partial charge on any atom is 0.228 e. The van der Waals surface area contributed by atoms with E-state index in [4.69, 9.17) is 0 Å². The number of aromatic nitrogens is 2. The summed E-state index contributed by atoms with van der Waals surface area (Å²) in [5.41, 5.74) is 1.83. The minimum atomic E-state index is -1.27. The number of anilines is 1. The quantitative estimate of drug-likeness (QED) is 0.712. The zero-order valence-electron chi connectivity index (χ0n) is 15.7. The second kappa shape index (κ2) is 7.10. The third kappa shape index (κ3) is 3.37. The van der Waals surface area contributed by atoms with Gasteiger partial charge in [0.15, 0.2) is 5.82 Å². The van der Waals surface area contributed by atoms with Crippen molar-refractivity contribution in [2.24, 2.45) is 0 Å². The highest BCUT2D eigenvalue weighted by atomic mass is 16.3. The Bertz CT molecular complexity index is 1060.